The van der Waals surface area contributed by atoms with Gasteiger partial charge in [-0.3, -0.25) is 0 Å². The summed E-state index contributed by atoms with van der Waals surface area (Å²) in [7, 11) is 0. The third kappa shape index (κ3) is 2.92. The summed E-state index contributed by atoms with van der Waals surface area (Å²) in [5.74, 6) is 0. The van der Waals surface area contributed by atoms with Gasteiger partial charge in [0.15, 0.2) is 0 Å². The van der Waals surface area contributed by atoms with Gasteiger partial charge in [0.25, 0.3) is 0 Å². The first-order valence-electron chi connectivity index (χ1n) is 8.06. The van der Waals surface area contributed by atoms with E-state index in [0.29, 0.717) is 0 Å². The Balaban J connectivity index is 2.23. The second kappa shape index (κ2) is 6.60. The predicted octanol–water partition coefficient (Wildman–Crippen LogP) is 6.09. The fourth-order valence-corrected chi connectivity index (χ4v) is 3.54. The van der Waals surface area contributed by atoms with Crippen LogP contribution in [-0.2, 0) is 11.3 Å². The van der Waals surface area contributed by atoms with Crippen LogP contribution in [0.4, 0.5) is 0 Å². The average molecular weight is 321 g/mol. The van der Waals surface area contributed by atoms with E-state index >= 15 is 0 Å². The van der Waals surface area contributed by atoms with E-state index in [1.54, 1.807) is 0 Å². The number of rotatable bonds is 4. The molecule has 3 aromatic carbocycles. The van der Waals surface area contributed by atoms with Crippen LogP contribution in [0.5, 0.6) is 0 Å². The van der Waals surface area contributed by atoms with Crippen LogP contribution in [0.2, 0.25) is 0 Å². The van der Waals surface area contributed by atoms with Gasteiger partial charge in [0.05, 0.1) is 0 Å². The number of alkyl halides is 1. The lowest BCUT2D eigenvalue weighted by atomic mass is 9.82. The molecule has 0 heterocycles. The van der Waals surface area contributed by atoms with E-state index < -0.39 is 4.87 Å². The summed E-state index contributed by atoms with van der Waals surface area (Å²) in [5.41, 5.74) is 5.87. The van der Waals surface area contributed by atoms with Gasteiger partial charge < -0.3 is 0 Å². The Kier molecular flexibility index (Phi) is 4.54. The largest absolute Gasteiger partial charge is 0.120 e. The normalized spacial score (nSPS) is 13.5. The summed E-state index contributed by atoms with van der Waals surface area (Å²) in [4.78, 5) is -0.668. The molecule has 0 aromatic heterocycles. The Morgan fingerprint density at radius 3 is 1.91 bits per heavy atom. The molecule has 0 N–H and O–H groups in total. The minimum absolute atomic E-state index is 0.668. The van der Waals surface area contributed by atoms with Gasteiger partial charge >= 0.3 is 0 Å². The molecular weight excluding hydrogens is 300 g/mol. The monoisotopic (exact) mass is 320 g/mol. The molecule has 0 saturated heterocycles. The van der Waals surface area contributed by atoms with Crippen LogP contribution in [0.15, 0.2) is 78.9 Å². The summed E-state index contributed by atoms with van der Waals surface area (Å²) >= 11 is 7.32. The average Bonchev–Trinajstić information content (AvgIpc) is 2.62. The predicted molar refractivity (Wildman–Crippen MR) is 99.2 cm³/mol. The van der Waals surface area contributed by atoms with Crippen molar-refractivity contribution in [3.8, 4) is 0 Å². The SMILES string of the molecule is CCc1ccc(C(Cl)(c2ccccc2)c2ccccc2C)cc1. The summed E-state index contributed by atoms with van der Waals surface area (Å²) in [5, 5.41) is 0. The second-order valence-corrected chi connectivity index (χ2v) is 6.46. The Bertz CT molecular complexity index is 775. The minimum atomic E-state index is -0.668. The maximum atomic E-state index is 7.32. The highest BCUT2D eigenvalue weighted by Crippen LogP contribution is 2.44. The number of aryl methyl sites for hydroxylation is 2. The zero-order chi connectivity index (χ0) is 16.3. The van der Waals surface area contributed by atoms with Gasteiger partial charge in [-0.05, 0) is 41.2 Å². The van der Waals surface area contributed by atoms with Crippen molar-refractivity contribution >= 4 is 11.6 Å². The fourth-order valence-electron chi connectivity index (χ4n) is 3.08. The lowest BCUT2D eigenvalue weighted by Crippen LogP contribution is -2.23. The topological polar surface area (TPSA) is 0 Å². The minimum Gasteiger partial charge on any atom is -0.104 e. The molecule has 23 heavy (non-hydrogen) atoms. The highest BCUT2D eigenvalue weighted by molar-refractivity contribution is 6.28. The second-order valence-electron chi connectivity index (χ2n) is 5.89. The molecule has 0 radical (unpaired) electrons. The van der Waals surface area contributed by atoms with Gasteiger partial charge in [-0.1, -0.05) is 85.8 Å². The smallest absolute Gasteiger partial charge is 0.104 e. The van der Waals surface area contributed by atoms with Gasteiger partial charge in [-0.25, -0.2) is 0 Å². The van der Waals surface area contributed by atoms with Crippen molar-refractivity contribution in [3.63, 3.8) is 0 Å². The highest BCUT2D eigenvalue weighted by atomic mass is 35.5. The van der Waals surface area contributed by atoms with Crippen LogP contribution < -0.4 is 0 Å². The Hall–Kier alpha value is -2.05. The van der Waals surface area contributed by atoms with Gasteiger partial charge in [0.1, 0.15) is 4.87 Å². The number of benzene rings is 3. The highest BCUT2D eigenvalue weighted by Gasteiger charge is 2.34. The van der Waals surface area contributed by atoms with E-state index in [1.165, 1.54) is 11.1 Å². The van der Waals surface area contributed by atoms with E-state index in [2.05, 4.69) is 74.5 Å². The van der Waals surface area contributed by atoms with Crippen LogP contribution in [0.25, 0.3) is 0 Å². The summed E-state index contributed by atoms with van der Waals surface area (Å²) in [6.07, 6.45) is 1.03. The van der Waals surface area contributed by atoms with E-state index in [9.17, 15) is 0 Å². The Morgan fingerprint density at radius 1 is 0.739 bits per heavy atom. The molecule has 0 fully saturated rings. The van der Waals surface area contributed by atoms with E-state index in [0.717, 1.165) is 23.1 Å². The zero-order valence-electron chi connectivity index (χ0n) is 13.6. The van der Waals surface area contributed by atoms with Crippen LogP contribution in [0.1, 0.15) is 34.7 Å². The molecule has 0 nitrogen and oxygen atoms in total. The standard InChI is InChI=1S/C22H21Cl/c1-3-18-13-15-20(16-14-18)22(23,19-10-5-4-6-11-19)21-12-8-7-9-17(21)2/h4-16H,3H2,1-2H3. The molecule has 116 valence electrons. The molecule has 0 bridgehead atoms. The molecule has 0 aliphatic rings. The van der Waals surface area contributed by atoms with Crippen molar-refractivity contribution < 1.29 is 0 Å². The van der Waals surface area contributed by atoms with Gasteiger partial charge in [-0.2, -0.15) is 0 Å². The molecule has 1 heteroatoms. The van der Waals surface area contributed by atoms with E-state index in [-0.39, 0.29) is 0 Å². The number of halogens is 1. The van der Waals surface area contributed by atoms with Gasteiger partial charge in [-0.15, -0.1) is 11.6 Å². The summed E-state index contributed by atoms with van der Waals surface area (Å²) in [6, 6.07) is 27.4. The molecular formula is C22H21Cl. The van der Waals surface area contributed by atoms with Gasteiger partial charge in [0, 0.05) is 0 Å². The molecule has 0 aliphatic carbocycles. The van der Waals surface area contributed by atoms with Crippen molar-refractivity contribution in [3.05, 3.63) is 107 Å². The quantitative estimate of drug-likeness (QED) is 0.403. The van der Waals surface area contributed by atoms with Crippen LogP contribution in [-0.4, -0.2) is 0 Å². The first kappa shape index (κ1) is 15.8. The zero-order valence-corrected chi connectivity index (χ0v) is 14.3. The molecule has 1 atom stereocenters. The summed E-state index contributed by atoms with van der Waals surface area (Å²) in [6.45, 7) is 4.29. The molecule has 0 aliphatic heterocycles. The Morgan fingerprint density at radius 2 is 1.30 bits per heavy atom. The molecule has 0 spiro atoms. The lowest BCUT2D eigenvalue weighted by Gasteiger charge is -2.30. The first-order valence-corrected chi connectivity index (χ1v) is 8.44. The van der Waals surface area contributed by atoms with Crippen molar-refractivity contribution in [2.75, 3.05) is 0 Å². The van der Waals surface area contributed by atoms with Crippen molar-refractivity contribution in [1.29, 1.82) is 0 Å². The number of hydrogen-bond acceptors (Lipinski definition) is 0. The lowest BCUT2D eigenvalue weighted by molar-refractivity contribution is 0.867. The van der Waals surface area contributed by atoms with Crippen LogP contribution in [0.3, 0.4) is 0 Å². The third-order valence-corrected chi connectivity index (χ3v) is 5.09. The maximum absolute atomic E-state index is 7.32. The van der Waals surface area contributed by atoms with Crippen LogP contribution >= 0.6 is 11.6 Å². The molecule has 3 rings (SSSR count). The first-order chi connectivity index (χ1) is 11.2. The molecule has 0 amide bonds. The number of hydrogen-bond donors (Lipinski definition) is 0. The van der Waals surface area contributed by atoms with Gasteiger partial charge in [0.2, 0.25) is 0 Å². The van der Waals surface area contributed by atoms with Crippen LogP contribution in [0, 0.1) is 6.92 Å². The van der Waals surface area contributed by atoms with Crippen molar-refractivity contribution in [2.24, 2.45) is 0 Å². The van der Waals surface area contributed by atoms with Crippen molar-refractivity contribution in [2.45, 2.75) is 25.1 Å². The molecule has 1 unspecified atom stereocenters. The van der Waals surface area contributed by atoms with E-state index in [1.807, 2.05) is 18.2 Å². The molecule has 0 saturated carbocycles. The summed E-state index contributed by atoms with van der Waals surface area (Å²) < 4.78 is 0. The third-order valence-electron chi connectivity index (χ3n) is 4.45. The maximum Gasteiger partial charge on any atom is 0.120 e. The Labute approximate surface area is 143 Å². The van der Waals surface area contributed by atoms with E-state index in [4.69, 9.17) is 11.6 Å². The molecule has 3 aromatic rings. The fraction of sp³-hybridized carbons (Fsp3) is 0.182. The van der Waals surface area contributed by atoms with Crippen molar-refractivity contribution in [1.82, 2.24) is 0 Å².